The minimum absolute atomic E-state index is 0.00890. The fourth-order valence-corrected chi connectivity index (χ4v) is 4.29. The van der Waals surface area contributed by atoms with Crippen LogP contribution < -0.4 is 0 Å². The van der Waals surface area contributed by atoms with Crippen molar-refractivity contribution in [1.29, 1.82) is 0 Å². The van der Waals surface area contributed by atoms with E-state index < -0.39 is 71.8 Å². The van der Waals surface area contributed by atoms with Crippen molar-refractivity contribution >= 4 is 25.3 Å². The summed E-state index contributed by atoms with van der Waals surface area (Å²) in [7, 11) is 0. The third kappa shape index (κ3) is 8.43. The van der Waals surface area contributed by atoms with E-state index in [0.29, 0.717) is 12.2 Å². The van der Waals surface area contributed by atoms with Crippen molar-refractivity contribution in [2.24, 2.45) is 0 Å². The van der Waals surface area contributed by atoms with Crippen LogP contribution in [0.2, 0.25) is 0 Å². The number of rotatable bonds is 10. The van der Waals surface area contributed by atoms with E-state index in [1.807, 2.05) is 13.8 Å². The van der Waals surface area contributed by atoms with Crippen LogP contribution in [-0.4, -0.2) is 115 Å². The average molecular weight is 517 g/mol. The molecular weight excluding hydrogens is 476 g/mol. The van der Waals surface area contributed by atoms with Crippen LogP contribution in [-0.2, 0) is 18.9 Å². The maximum atomic E-state index is 10.8. The number of thiol groups is 2. The Bertz CT molecular complexity index is 599. The predicted octanol–water partition coefficient (Wildman–Crippen LogP) is -0.778. The second-order valence-corrected chi connectivity index (χ2v) is 11.8. The Morgan fingerprint density at radius 3 is 1.91 bits per heavy atom. The van der Waals surface area contributed by atoms with Gasteiger partial charge in [-0.15, -0.1) is 0 Å². The van der Waals surface area contributed by atoms with E-state index in [1.54, 1.807) is 13.8 Å². The van der Waals surface area contributed by atoms with Gasteiger partial charge in [0.05, 0.1) is 24.4 Å². The van der Waals surface area contributed by atoms with Gasteiger partial charge in [0.25, 0.3) is 0 Å². The van der Waals surface area contributed by atoms with Gasteiger partial charge in [0, 0.05) is 11.2 Å². The molecule has 2 fully saturated rings. The lowest BCUT2D eigenvalue weighted by Crippen LogP contribution is -2.64. The first-order valence-corrected chi connectivity index (χ1v) is 12.3. The Hall–Kier alpha value is 0.300. The van der Waals surface area contributed by atoms with Crippen molar-refractivity contribution in [3.05, 3.63) is 0 Å². The summed E-state index contributed by atoms with van der Waals surface area (Å²) in [4.78, 5) is 0. The highest BCUT2D eigenvalue weighted by Gasteiger charge is 2.51. The van der Waals surface area contributed by atoms with Crippen LogP contribution in [0.15, 0.2) is 0 Å². The summed E-state index contributed by atoms with van der Waals surface area (Å²) in [6, 6.07) is 0. The van der Waals surface area contributed by atoms with Crippen molar-refractivity contribution in [3.63, 3.8) is 0 Å². The summed E-state index contributed by atoms with van der Waals surface area (Å²) in [6.45, 7) is 6.97. The Morgan fingerprint density at radius 2 is 1.36 bits per heavy atom. The van der Waals surface area contributed by atoms with E-state index in [0.717, 1.165) is 0 Å². The third-order valence-corrected chi connectivity index (χ3v) is 6.09. The van der Waals surface area contributed by atoms with E-state index in [9.17, 15) is 30.6 Å². The number of aliphatic hydroxyl groups is 6. The Morgan fingerprint density at radius 1 is 0.788 bits per heavy atom. The Kier molecular flexibility index (Phi) is 10.8. The monoisotopic (exact) mass is 516 g/mol. The lowest BCUT2D eigenvalue weighted by molar-refractivity contribution is -0.358. The van der Waals surface area contributed by atoms with E-state index in [2.05, 4.69) is 25.3 Å². The fraction of sp³-hybridized carbons (Fsp3) is 1.00. The first kappa shape index (κ1) is 29.5. The molecule has 0 radical (unpaired) electrons. The lowest BCUT2D eigenvalue weighted by atomic mass is 9.90. The topological polar surface area (TPSA) is 158 Å². The van der Waals surface area contributed by atoms with Crippen LogP contribution >= 0.6 is 25.3 Å². The third-order valence-electron chi connectivity index (χ3n) is 5.59. The van der Waals surface area contributed by atoms with Crippen molar-refractivity contribution in [2.75, 3.05) is 12.4 Å². The lowest BCUT2D eigenvalue weighted by Gasteiger charge is -2.47. The first-order valence-electron chi connectivity index (χ1n) is 11.2. The molecule has 12 heteroatoms. The number of hydrogen-bond donors (Lipinski definition) is 8. The molecule has 0 spiro atoms. The summed E-state index contributed by atoms with van der Waals surface area (Å²) in [6.07, 6.45) is -12.4. The standard InChI is InChI=1S/C21H40O10S2/c1-20(2,27)8-11-17(14(24)16(26)18(30-11)28-6-5-7-32)31-19-15(25)13(23)12(22)10(29-19)9-21(3,4)33/h10-19,22-27,32-33H,5-9H2,1-4H3. The average Bonchev–Trinajstić information content (AvgIpc) is 2.68. The highest BCUT2D eigenvalue weighted by molar-refractivity contribution is 7.81. The molecule has 0 bridgehead atoms. The predicted molar refractivity (Wildman–Crippen MR) is 125 cm³/mol. The summed E-state index contributed by atoms with van der Waals surface area (Å²) >= 11 is 8.54. The van der Waals surface area contributed by atoms with Gasteiger partial charge in [-0.1, -0.05) is 13.8 Å². The zero-order valence-corrected chi connectivity index (χ0v) is 21.3. The number of hydrogen-bond acceptors (Lipinski definition) is 12. The van der Waals surface area contributed by atoms with Gasteiger partial charge in [-0.25, -0.2) is 0 Å². The minimum Gasteiger partial charge on any atom is -0.390 e. The summed E-state index contributed by atoms with van der Waals surface area (Å²) in [5.74, 6) is 0.569. The van der Waals surface area contributed by atoms with Crippen LogP contribution in [0.5, 0.6) is 0 Å². The summed E-state index contributed by atoms with van der Waals surface area (Å²) in [5.41, 5.74) is -1.22. The highest BCUT2D eigenvalue weighted by Crippen LogP contribution is 2.34. The molecule has 0 amide bonds. The SMILES string of the molecule is CC(C)(O)CC1OC(OCCCS)C(O)C(O)C1OC1OC(CC(C)(C)S)C(O)C(O)C1O. The normalized spacial score (nSPS) is 40.7. The van der Waals surface area contributed by atoms with E-state index in [-0.39, 0.29) is 19.4 Å². The van der Waals surface area contributed by atoms with Gasteiger partial charge in [-0.3, -0.25) is 0 Å². The maximum Gasteiger partial charge on any atom is 0.187 e. The van der Waals surface area contributed by atoms with Crippen LogP contribution in [0.25, 0.3) is 0 Å². The molecular formula is C21H40O10S2. The first-order chi connectivity index (χ1) is 15.1. The second kappa shape index (κ2) is 12.0. The fourth-order valence-electron chi connectivity index (χ4n) is 3.98. The van der Waals surface area contributed by atoms with Crippen LogP contribution in [0, 0.1) is 0 Å². The molecule has 0 aromatic rings. The van der Waals surface area contributed by atoms with Crippen LogP contribution in [0.3, 0.4) is 0 Å². The maximum absolute atomic E-state index is 10.8. The van der Waals surface area contributed by atoms with Gasteiger partial charge in [0.2, 0.25) is 0 Å². The molecule has 2 aliphatic rings. The Balaban J connectivity index is 2.21. The van der Waals surface area contributed by atoms with Gasteiger partial charge in [0.15, 0.2) is 12.6 Å². The molecule has 33 heavy (non-hydrogen) atoms. The van der Waals surface area contributed by atoms with Gasteiger partial charge in [-0.2, -0.15) is 25.3 Å². The van der Waals surface area contributed by atoms with Gasteiger partial charge in [0.1, 0.15) is 36.6 Å². The molecule has 2 rings (SSSR count). The van der Waals surface area contributed by atoms with E-state index >= 15 is 0 Å². The molecule has 10 atom stereocenters. The highest BCUT2D eigenvalue weighted by atomic mass is 32.1. The summed E-state index contributed by atoms with van der Waals surface area (Å²) in [5, 5.41) is 62.9. The molecule has 0 saturated carbocycles. The molecule has 0 aromatic heterocycles. The van der Waals surface area contributed by atoms with E-state index in [4.69, 9.17) is 18.9 Å². The minimum atomic E-state index is -1.63. The van der Waals surface area contributed by atoms with Crippen molar-refractivity contribution in [1.82, 2.24) is 0 Å². The molecule has 10 nitrogen and oxygen atoms in total. The number of aliphatic hydroxyl groups excluding tert-OH is 5. The smallest absolute Gasteiger partial charge is 0.187 e. The Labute approximate surface area is 206 Å². The molecule has 0 aromatic carbocycles. The van der Waals surface area contributed by atoms with Crippen LogP contribution in [0.4, 0.5) is 0 Å². The quantitative estimate of drug-likeness (QED) is 0.137. The molecule has 2 saturated heterocycles. The molecule has 10 unspecified atom stereocenters. The molecule has 6 N–H and O–H groups in total. The molecule has 196 valence electrons. The largest absolute Gasteiger partial charge is 0.390 e. The van der Waals surface area contributed by atoms with Crippen molar-refractivity contribution < 1.29 is 49.6 Å². The number of ether oxygens (including phenoxy) is 4. The zero-order valence-electron chi connectivity index (χ0n) is 19.5. The molecule has 2 aliphatic heterocycles. The van der Waals surface area contributed by atoms with Gasteiger partial charge in [-0.05, 0) is 32.4 Å². The second-order valence-electron chi connectivity index (χ2n) is 10.1. The zero-order chi connectivity index (χ0) is 25.1. The molecule has 0 aliphatic carbocycles. The van der Waals surface area contributed by atoms with Crippen LogP contribution in [0.1, 0.15) is 47.0 Å². The van der Waals surface area contributed by atoms with E-state index in [1.165, 1.54) is 0 Å². The van der Waals surface area contributed by atoms with Gasteiger partial charge >= 0.3 is 0 Å². The van der Waals surface area contributed by atoms with Gasteiger partial charge < -0.3 is 49.6 Å². The van der Waals surface area contributed by atoms with Crippen molar-refractivity contribution in [2.45, 2.75) is 119 Å². The molecule has 2 heterocycles. The van der Waals surface area contributed by atoms with Crippen molar-refractivity contribution in [3.8, 4) is 0 Å². The summed E-state index contributed by atoms with van der Waals surface area (Å²) < 4.78 is 22.4.